The Morgan fingerprint density at radius 3 is 2.12 bits per heavy atom. The largest absolute Gasteiger partial charge is 0.478 e. The number of carbonyl (C=O) groups is 1. The summed E-state index contributed by atoms with van der Waals surface area (Å²) >= 11 is 0. The first kappa shape index (κ1) is 14.5. The first-order chi connectivity index (χ1) is 7.58. The molecule has 0 aliphatic heterocycles. The standard InChI is InChI=1S/C13H21NO2/c1-5-8-12(11(4)13(15)16)14(9-6-2)10-7-3/h6-7H,2-3,5,8-10H2,1,4H3,(H,15,16). The van der Waals surface area contributed by atoms with E-state index in [4.69, 9.17) is 5.11 Å². The Bertz CT molecular complexity index is 282. The second-order valence-corrected chi connectivity index (χ2v) is 3.61. The van der Waals surface area contributed by atoms with Crippen LogP contribution in [-0.2, 0) is 4.79 Å². The molecule has 0 aliphatic carbocycles. The summed E-state index contributed by atoms with van der Waals surface area (Å²) in [6, 6.07) is 0. The number of rotatable bonds is 8. The van der Waals surface area contributed by atoms with Crippen molar-refractivity contribution in [3.05, 3.63) is 36.6 Å². The maximum Gasteiger partial charge on any atom is 0.333 e. The summed E-state index contributed by atoms with van der Waals surface area (Å²) in [6.45, 7) is 12.3. The average molecular weight is 223 g/mol. The molecule has 0 spiro atoms. The first-order valence-corrected chi connectivity index (χ1v) is 5.48. The number of aliphatic carboxylic acids is 1. The Balaban J connectivity index is 5.10. The van der Waals surface area contributed by atoms with Crippen molar-refractivity contribution in [2.45, 2.75) is 26.7 Å². The van der Waals surface area contributed by atoms with Gasteiger partial charge in [0.15, 0.2) is 0 Å². The summed E-state index contributed by atoms with van der Waals surface area (Å²) in [5, 5.41) is 9.03. The van der Waals surface area contributed by atoms with Crippen LogP contribution >= 0.6 is 0 Å². The van der Waals surface area contributed by atoms with Gasteiger partial charge in [0.1, 0.15) is 0 Å². The van der Waals surface area contributed by atoms with Gasteiger partial charge in [-0.05, 0) is 13.3 Å². The molecule has 0 unspecified atom stereocenters. The third kappa shape index (κ3) is 4.34. The highest BCUT2D eigenvalue weighted by molar-refractivity contribution is 5.86. The molecule has 3 heteroatoms. The summed E-state index contributed by atoms with van der Waals surface area (Å²) in [4.78, 5) is 13.0. The van der Waals surface area contributed by atoms with Crippen molar-refractivity contribution in [1.29, 1.82) is 0 Å². The normalized spacial score (nSPS) is 11.6. The molecule has 0 atom stereocenters. The maximum atomic E-state index is 11.0. The van der Waals surface area contributed by atoms with E-state index in [1.807, 2.05) is 11.8 Å². The number of hydrogen-bond donors (Lipinski definition) is 1. The first-order valence-electron chi connectivity index (χ1n) is 5.48. The Kier molecular flexibility index (Phi) is 7.01. The van der Waals surface area contributed by atoms with Crippen LogP contribution in [-0.4, -0.2) is 29.1 Å². The van der Waals surface area contributed by atoms with E-state index in [2.05, 4.69) is 13.2 Å². The molecule has 0 bridgehead atoms. The number of carboxylic acids is 1. The van der Waals surface area contributed by atoms with Gasteiger partial charge in [-0.25, -0.2) is 4.79 Å². The van der Waals surface area contributed by atoms with Gasteiger partial charge in [0, 0.05) is 18.8 Å². The van der Waals surface area contributed by atoms with E-state index >= 15 is 0 Å². The van der Waals surface area contributed by atoms with Crippen LogP contribution in [0.25, 0.3) is 0 Å². The van der Waals surface area contributed by atoms with Gasteiger partial charge in [0.2, 0.25) is 0 Å². The van der Waals surface area contributed by atoms with Crippen molar-refractivity contribution >= 4 is 5.97 Å². The van der Waals surface area contributed by atoms with E-state index in [9.17, 15) is 4.79 Å². The van der Waals surface area contributed by atoms with E-state index in [1.54, 1.807) is 19.1 Å². The zero-order chi connectivity index (χ0) is 12.6. The summed E-state index contributed by atoms with van der Waals surface area (Å²) in [5.74, 6) is -0.860. The molecule has 0 saturated carbocycles. The summed E-state index contributed by atoms with van der Waals surface area (Å²) in [5.41, 5.74) is 1.28. The van der Waals surface area contributed by atoms with E-state index in [0.717, 1.165) is 18.5 Å². The molecule has 0 aromatic rings. The zero-order valence-corrected chi connectivity index (χ0v) is 10.2. The Hall–Kier alpha value is -1.51. The minimum Gasteiger partial charge on any atom is -0.478 e. The van der Waals surface area contributed by atoms with Crippen LogP contribution in [0, 0.1) is 0 Å². The molecule has 0 amide bonds. The molecule has 0 aromatic heterocycles. The zero-order valence-electron chi connectivity index (χ0n) is 10.2. The second-order valence-electron chi connectivity index (χ2n) is 3.61. The molecule has 0 aromatic carbocycles. The van der Waals surface area contributed by atoms with Gasteiger partial charge < -0.3 is 10.0 Å². The van der Waals surface area contributed by atoms with Crippen molar-refractivity contribution in [2.24, 2.45) is 0 Å². The molecule has 0 aliphatic rings. The van der Waals surface area contributed by atoms with Gasteiger partial charge in [-0.2, -0.15) is 0 Å². The smallest absolute Gasteiger partial charge is 0.333 e. The minimum absolute atomic E-state index is 0.408. The molecular weight excluding hydrogens is 202 g/mol. The molecule has 0 rings (SSSR count). The van der Waals surface area contributed by atoms with Crippen molar-refractivity contribution in [1.82, 2.24) is 4.90 Å². The lowest BCUT2D eigenvalue weighted by Crippen LogP contribution is -2.25. The van der Waals surface area contributed by atoms with E-state index < -0.39 is 5.97 Å². The van der Waals surface area contributed by atoms with Gasteiger partial charge in [-0.1, -0.05) is 25.5 Å². The van der Waals surface area contributed by atoms with E-state index in [0.29, 0.717) is 18.7 Å². The van der Waals surface area contributed by atoms with Crippen molar-refractivity contribution in [3.8, 4) is 0 Å². The Morgan fingerprint density at radius 2 is 1.81 bits per heavy atom. The highest BCUT2D eigenvalue weighted by Crippen LogP contribution is 2.16. The predicted molar refractivity (Wildman–Crippen MR) is 67.2 cm³/mol. The lowest BCUT2D eigenvalue weighted by molar-refractivity contribution is -0.132. The lowest BCUT2D eigenvalue weighted by Gasteiger charge is -2.26. The van der Waals surface area contributed by atoms with Crippen LogP contribution in [0.1, 0.15) is 26.7 Å². The average Bonchev–Trinajstić information content (AvgIpc) is 2.24. The highest BCUT2D eigenvalue weighted by Gasteiger charge is 2.13. The van der Waals surface area contributed by atoms with E-state index in [-0.39, 0.29) is 0 Å². The topological polar surface area (TPSA) is 40.5 Å². The number of carboxylic acid groups (broad SMARTS) is 1. The second kappa shape index (κ2) is 7.74. The minimum atomic E-state index is -0.860. The quantitative estimate of drug-likeness (QED) is 0.508. The molecule has 90 valence electrons. The van der Waals surface area contributed by atoms with Gasteiger partial charge in [0.05, 0.1) is 5.57 Å². The van der Waals surface area contributed by atoms with Crippen LogP contribution in [0.3, 0.4) is 0 Å². The third-order valence-electron chi connectivity index (χ3n) is 2.32. The van der Waals surface area contributed by atoms with Crippen molar-refractivity contribution in [3.63, 3.8) is 0 Å². The monoisotopic (exact) mass is 223 g/mol. The van der Waals surface area contributed by atoms with Crippen LogP contribution in [0.2, 0.25) is 0 Å². The third-order valence-corrected chi connectivity index (χ3v) is 2.32. The van der Waals surface area contributed by atoms with Crippen LogP contribution in [0.5, 0.6) is 0 Å². The Labute approximate surface area is 97.8 Å². The summed E-state index contributed by atoms with van der Waals surface area (Å²) < 4.78 is 0. The molecule has 16 heavy (non-hydrogen) atoms. The van der Waals surface area contributed by atoms with Gasteiger partial charge in [-0.3, -0.25) is 0 Å². The molecular formula is C13H21NO2. The van der Waals surface area contributed by atoms with Crippen molar-refractivity contribution < 1.29 is 9.90 Å². The summed E-state index contributed by atoms with van der Waals surface area (Å²) in [7, 11) is 0. The highest BCUT2D eigenvalue weighted by atomic mass is 16.4. The fraction of sp³-hybridized carbons (Fsp3) is 0.462. The van der Waals surface area contributed by atoms with Crippen LogP contribution in [0.4, 0.5) is 0 Å². The predicted octanol–water partition coefficient (Wildman–Crippen LogP) is 2.82. The summed E-state index contributed by atoms with van der Waals surface area (Å²) in [6.07, 6.45) is 5.23. The fourth-order valence-corrected chi connectivity index (χ4v) is 1.55. The lowest BCUT2D eigenvalue weighted by atomic mass is 10.1. The molecule has 1 N–H and O–H groups in total. The maximum absolute atomic E-state index is 11.0. The van der Waals surface area contributed by atoms with Gasteiger partial charge >= 0.3 is 5.97 Å². The van der Waals surface area contributed by atoms with Gasteiger partial charge in [-0.15, -0.1) is 13.2 Å². The Morgan fingerprint density at radius 1 is 1.31 bits per heavy atom. The molecule has 0 radical (unpaired) electrons. The number of allylic oxidation sites excluding steroid dienone is 1. The van der Waals surface area contributed by atoms with Gasteiger partial charge in [0.25, 0.3) is 0 Å². The van der Waals surface area contributed by atoms with Crippen LogP contribution < -0.4 is 0 Å². The van der Waals surface area contributed by atoms with E-state index in [1.165, 1.54) is 0 Å². The number of hydrogen-bond acceptors (Lipinski definition) is 2. The fourth-order valence-electron chi connectivity index (χ4n) is 1.55. The molecule has 0 fully saturated rings. The SMILES string of the molecule is C=CCN(CC=C)C(CCC)=C(C)C(=O)O. The molecule has 3 nitrogen and oxygen atoms in total. The molecule has 0 heterocycles. The molecule has 0 saturated heterocycles. The van der Waals surface area contributed by atoms with Crippen molar-refractivity contribution in [2.75, 3.05) is 13.1 Å². The van der Waals surface area contributed by atoms with Crippen LogP contribution in [0.15, 0.2) is 36.6 Å². The number of nitrogens with zero attached hydrogens (tertiary/aromatic N) is 1.